The molecule has 3 heterocycles. The Bertz CT molecular complexity index is 771. The molecule has 3 aromatic rings. The van der Waals surface area contributed by atoms with Crippen molar-refractivity contribution in [3.05, 3.63) is 42.6 Å². The minimum Gasteiger partial charge on any atom is -0.486 e. The van der Waals surface area contributed by atoms with Crippen LogP contribution in [0.3, 0.4) is 0 Å². The first kappa shape index (κ1) is 12.0. The van der Waals surface area contributed by atoms with E-state index in [0.29, 0.717) is 19.8 Å². The van der Waals surface area contributed by atoms with E-state index in [0.717, 1.165) is 33.8 Å². The first-order valence-corrected chi connectivity index (χ1v) is 6.79. The number of hydrogen-bond acceptors (Lipinski definition) is 5. The fourth-order valence-corrected chi connectivity index (χ4v) is 2.41. The summed E-state index contributed by atoms with van der Waals surface area (Å²) in [5, 5.41) is 5.40. The van der Waals surface area contributed by atoms with Gasteiger partial charge in [0.25, 0.3) is 0 Å². The number of benzene rings is 1. The predicted molar refractivity (Wildman–Crippen MR) is 78.6 cm³/mol. The second-order valence-electron chi connectivity index (χ2n) is 4.81. The normalized spacial score (nSPS) is 13.3. The van der Waals surface area contributed by atoms with Crippen LogP contribution < -0.4 is 14.8 Å². The maximum Gasteiger partial charge on any atom is 0.162 e. The van der Waals surface area contributed by atoms with Gasteiger partial charge < -0.3 is 19.8 Å². The number of aromatic nitrogens is 3. The highest BCUT2D eigenvalue weighted by Crippen LogP contribution is 2.36. The highest BCUT2D eigenvalue weighted by Gasteiger charge is 2.14. The summed E-state index contributed by atoms with van der Waals surface area (Å²) < 4.78 is 11.3. The monoisotopic (exact) mass is 282 g/mol. The van der Waals surface area contributed by atoms with Gasteiger partial charge in [-0.05, 0) is 23.6 Å². The van der Waals surface area contributed by atoms with E-state index in [1.807, 2.05) is 18.2 Å². The number of nitrogens with one attached hydrogen (secondary N) is 2. The number of hydrogen-bond donors (Lipinski definition) is 2. The van der Waals surface area contributed by atoms with E-state index in [4.69, 9.17) is 9.47 Å². The number of rotatable bonds is 3. The Hall–Kier alpha value is -2.76. The predicted octanol–water partition coefficient (Wildman–Crippen LogP) is 2.34. The van der Waals surface area contributed by atoms with Crippen molar-refractivity contribution in [1.29, 1.82) is 0 Å². The highest BCUT2D eigenvalue weighted by atomic mass is 16.6. The lowest BCUT2D eigenvalue weighted by molar-refractivity contribution is 0.172. The van der Waals surface area contributed by atoms with Crippen molar-refractivity contribution in [2.75, 3.05) is 18.5 Å². The molecule has 6 nitrogen and oxygen atoms in total. The van der Waals surface area contributed by atoms with Crippen molar-refractivity contribution < 1.29 is 9.47 Å². The summed E-state index contributed by atoms with van der Waals surface area (Å²) >= 11 is 0. The van der Waals surface area contributed by atoms with Crippen LogP contribution in [0.15, 0.2) is 36.9 Å². The van der Waals surface area contributed by atoms with E-state index in [2.05, 4.69) is 20.3 Å². The minimum absolute atomic E-state index is 0.579. The number of fused-ring (bicyclic) bond motifs is 2. The van der Waals surface area contributed by atoms with Gasteiger partial charge in [-0.25, -0.2) is 9.97 Å². The third-order valence-electron chi connectivity index (χ3n) is 3.43. The molecule has 0 atom stereocenters. The minimum atomic E-state index is 0.579. The molecule has 0 saturated carbocycles. The highest BCUT2D eigenvalue weighted by molar-refractivity contribution is 5.94. The Morgan fingerprint density at radius 2 is 2.05 bits per heavy atom. The van der Waals surface area contributed by atoms with Gasteiger partial charge in [0.2, 0.25) is 0 Å². The zero-order valence-electron chi connectivity index (χ0n) is 11.3. The Kier molecular flexibility index (Phi) is 2.85. The molecular weight excluding hydrogens is 268 g/mol. The van der Waals surface area contributed by atoms with E-state index in [1.54, 1.807) is 18.7 Å². The average Bonchev–Trinajstić information content (AvgIpc) is 3.04. The van der Waals surface area contributed by atoms with E-state index in [-0.39, 0.29) is 0 Å². The molecule has 0 amide bonds. The summed E-state index contributed by atoms with van der Waals surface area (Å²) in [5.41, 5.74) is 1.01. The number of nitrogens with zero attached hydrogens (tertiary/aromatic N) is 2. The molecule has 0 spiro atoms. The zero-order valence-corrected chi connectivity index (χ0v) is 11.3. The smallest absolute Gasteiger partial charge is 0.162 e. The Labute approximate surface area is 121 Å². The molecule has 0 radical (unpaired) electrons. The SMILES string of the molecule is c1cc2cc3c(cc2c(NCc2cnc[nH]2)n1)OCCO3. The molecular formula is C15H14N4O2. The van der Waals surface area contributed by atoms with E-state index in [9.17, 15) is 0 Å². The maximum atomic E-state index is 5.64. The lowest BCUT2D eigenvalue weighted by Crippen LogP contribution is -2.15. The molecule has 0 unspecified atom stereocenters. The number of anilines is 1. The summed E-state index contributed by atoms with van der Waals surface area (Å²) in [5.74, 6) is 2.38. The fourth-order valence-electron chi connectivity index (χ4n) is 2.41. The molecule has 1 aliphatic rings. The van der Waals surface area contributed by atoms with Crippen LogP contribution in [0.25, 0.3) is 10.8 Å². The lowest BCUT2D eigenvalue weighted by atomic mass is 10.1. The van der Waals surface area contributed by atoms with Gasteiger partial charge >= 0.3 is 0 Å². The van der Waals surface area contributed by atoms with Crippen LogP contribution in [-0.4, -0.2) is 28.2 Å². The van der Waals surface area contributed by atoms with Gasteiger partial charge in [0, 0.05) is 17.8 Å². The fraction of sp³-hybridized carbons (Fsp3) is 0.200. The third-order valence-corrected chi connectivity index (χ3v) is 3.43. The standard InChI is InChI=1S/C15H14N4O2/c1-2-17-15(18-8-11-7-16-9-19-11)12-6-14-13(5-10(1)12)20-3-4-21-14/h1-2,5-7,9H,3-4,8H2,(H,16,19)(H,17,18). The Balaban J connectivity index is 1.71. The van der Waals surface area contributed by atoms with E-state index in [1.165, 1.54) is 0 Å². The van der Waals surface area contributed by atoms with Gasteiger partial charge in [-0.2, -0.15) is 0 Å². The maximum absolute atomic E-state index is 5.64. The van der Waals surface area contributed by atoms with Crippen molar-refractivity contribution in [3.63, 3.8) is 0 Å². The number of pyridine rings is 1. The summed E-state index contributed by atoms with van der Waals surface area (Å²) in [6.45, 7) is 1.81. The molecule has 0 bridgehead atoms. The molecule has 2 aromatic heterocycles. The van der Waals surface area contributed by atoms with Gasteiger partial charge in [0.1, 0.15) is 19.0 Å². The second-order valence-corrected chi connectivity index (χ2v) is 4.81. The molecule has 0 fully saturated rings. The van der Waals surface area contributed by atoms with Crippen molar-refractivity contribution >= 4 is 16.6 Å². The first-order valence-electron chi connectivity index (χ1n) is 6.79. The van der Waals surface area contributed by atoms with Crippen LogP contribution in [0.5, 0.6) is 11.5 Å². The zero-order chi connectivity index (χ0) is 14.1. The topological polar surface area (TPSA) is 72.1 Å². The molecule has 6 heteroatoms. The average molecular weight is 282 g/mol. The van der Waals surface area contributed by atoms with Crippen LogP contribution >= 0.6 is 0 Å². The summed E-state index contributed by atoms with van der Waals surface area (Å²) in [7, 11) is 0. The summed E-state index contributed by atoms with van der Waals surface area (Å²) in [4.78, 5) is 11.5. The number of H-pyrrole nitrogens is 1. The molecule has 21 heavy (non-hydrogen) atoms. The van der Waals surface area contributed by atoms with Gasteiger partial charge in [-0.3, -0.25) is 0 Å². The number of aromatic amines is 1. The molecule has 4 rings (SSSR count). The molecule has 1 aliphatic heterocycles. The van der Waals surface area contributed by atoms with Crippen LogP contribution in [-0.2, 0) is 6.54 Å². The van der Waals surface area contributed by atoms with Crippen molar-refractivity contribution in [2.24, 2.45) is 0 Å². The van der Waals surface area contributed by atoms with Crippen molar-refractivity contribution in [2.45, 2.75) is 6.54 Å². The lowest BCUT2D eigenvalue weighted by Gasteiger charge is -2.19. The van der Waals surface area contributed by atoms with Crippen LogP contribution in [0.2, 0.25) is 0 Å². The Morgan fingerprint density at radius 1 is 1.19 bits per heavy atom. The van der Waals surface area contributed by atoms with Crippen molar-refractivity contribution in [3.8, 4) is 11.5 Å². The van der Waals surface area contributed by atoms with Crippen molar-refractivity contribution in [1.82, 2.24) is 15.0 Å². The quantitative estimate of drug-likeness (QED) is 0.771. The third kappa shape index (κ3) is 2.24. The second kappa shape index (κ2) is 4.97. The summed E-state index contributed by atoms with van der Waals surface area (Å²) in [6, 6.07) is 5.94. The van der Waals surface area contributed by atoms with Crippen LogP contribution in [0.4, 0.5) is 5.82 Å². The largest absolute Gasteiger partial charge is 0.486 e. The first-order chi connectivity index (χ1) is 10.4. The number of ether oxygens (including phenoxy) is 2. The number of imidazole rings is 1. The van der Waals surface area contributed by atoms with E-state index < -0.39 is 0 Å². The van der Waals surface area contributed by atoms with Gasteiger partial charge in [0.05, 0.1) is 18.6 Å². The Morgan fingerprint density at radius 3 is 2.86 bits per heavy atom. The van der Waals surface area contributed by atoms with Gasteiger partial charge in [-0.15, -0.1) is 0 Å². The van der Waals surface area contributed by atoms with E-state index >= 15 is 0 Å². The molecule has 106 valence electrons. The summed E-state index contributed by atoms with van der Waals surface area (Å²) in [6.07, 6.45) is 5.24. The van der Waals surface area contributed by atoms with Crippen LogP contribution in [0.1, 0.15) is 5.69 Å². The van der Waals surface area contributed by atoms with Gasteiger partial charge in [0.15, 0.2) is 11.5 Å². The molecule has 2 N–H and O–H groups in total. The van der Waals surface area contributed by atoms with Crippen LogP contribution in [0, 0.1) is 0 Å². The van der Waals surface area contributed by atoms with Gasteiger partial charge in [-0.1, -0.05) is 0 Å². The molecule has 0 saturated heterocycles. The molecule has 0 aliphatic carbocycles. The molecule has 1 aromatic carbocycles.